The van der Waals surface area contributed by atoms with Crippen molar-refractivity contribution in [3.8, 4) is 0 Å². The zero-order chi connectivity index (χ0) is 20.1. The van der Waals surface area contributed by atoms with Gasteiger partial charge in [-0.1, -0.05) is 12.2 Å². The number of carbonyl (C=O) groups is 1. The van der Waals surface area contributed by atoms with Gasteiger partial charge in [-0.2, -0.15) is 13.2 Å². The van der Waals surface area contributed by atoms with Crippen molar-refractivity contribution in [2.24, 2.45) is 5.92 Å². The van der Waals surface area contributed by atoms with Gasteiger partial charge in [0.15, 0.2) is 11.3 Å². The second kappa shape index (κ2) is 6.54. The fourth-order valence-corrected chi connectivity index (χ4v) is 3.81. The second-order valence-corrected chi connectivity index (χ2v) is 7.08. The van der Waals surface area contributed by atoms with Gasteiger partial charge in [0.25, 0.3) is 0 Å². The first-order chi connectivity index (χ1) is 13.2. The van der Waals surface area contributed by atoms with Crippen molar-refractivity contribution in [3.05, 3.63) is 42.5 Å². The lowest BCUT2D eigenvalue weighted by atomic mass is 9.88. The standard InChI is InChI=1S/C18H19F3N6O/c1-10(2)11-7-26(17(28)25-9-18(19,20)21)8-12(11)14-5-23-15-6-24-16-13(27(14)15)3-4-22-16/h3-6,11-12,22H,1,7-9H2,2H3,(H,25,28)/t11-,12-/m0/s1. The van der Waals surface area contributed by atoms with Crippen LogP contribution in [0.15, 0.2) is 36.8 Å². The van der Waals surface area contributed by atoms with Crippen LogP contribution in [0.3, 0.4) is 0 Å². The van der Waals surface area contributed by atoms with Crippen molar-refractivity contribution in [1.82, 2.24) is 29.6 Å². The number of carbonyl (C=O) groups excluding carboxylic acids is 1. The van der Waals surface area contributed by atoms with Gasteiger partial charge >= 0.3 is 12.2 Å². The van der Waals surface area contributed by atoms with Crippen LogP contribution in [0, 0.1) is 5.92 Å². The van der Waals surface area contributed by atoms with Crippen molar-refractivity contribution >= 4 is 22.8 Å². The number of nitrogens with one attached hydrogen (secondary N) is 2. The van der Waals surface area contributed by atoms with Gasteiger partial charge in [0.2, 0.25) is 0 Å². The topological polar surface area (TPSA) is 78.3 Å². The number of amides is 2. The highest BCUT2D eigenvalue weighted by atomic mass is 19.4. The van der Waals surface area contributed by atoms with Crippen molar-refractivity contribution in [2.45, 2.75) is 19.0 Å². The third-order valence-corrected chi connectivity index (χ3v) is 5.13. The first kappa shape index (κ1) is 18.3. The predicted molar refractivity (Wildman–Crippen MR) is 96.9 cm³/mol. The average molecular weight is 392 g/mol. The third kappa shape index (κ3) is 3.19. The molecule has 0 spiro atoms. The van der Waals surface area contributed by atoms with Crippen LogP contribution in [0.4, 0.5) is 18.0 Å². The van der Waals surface area contributed by atoms with Gasteiger partial charge in [-0.15, -0.1) is 0 Å². The Hall–Kier alpha value is -3.04. The van der Waals surface area contributed by atoms with E-state index >= 15 is 0 Å². The molecule has 28 heavy (non-hydrogen) atoms. The molecule has 1 fully saturated rings. The molecular formula is C18H19F3N6O. The summed E-state index contributed by atoms with van der Waals surface area (Å²) in [6, 6.07) is 1.16. The number of fused-ring (bicyclic) bond motifs is 3. The smallest absolute Gasteiger partial charge is 0.345 e. The molecule has 1 aliphatic heterocycles. The molecule has 10 heteroatoms. The van der Waals surface area contributed by atoms with E-state index in [4.69, 9.17) is 0 Å². The summed E-state index contributed by atoms with van der Waals surface area (Å²) in [5, 5.41) is 1.95. The normalized spacial score (nSPS) is 20.2. The zero-order valence-electron chi connectivity index (χ0n) is 15.1. The molecule has 2 N–H and O–H groups in total. The molecule has 0 aromatic carbocycles. The van der Waals surface area contributed by atoms with Crippen LogP contribution in [0.5, 0.6) is 0 Å². The van der Waals surface area contributed by atoms with Gasteiger partial charge < -0.3 is 15.2 Å². The number of nitrogens with zero attached hydrogens (tertiary/aromatic N) is 4. The largest absolute Gasteiger partial charge is 0.405 e. The first-order valence-corrected chi connectivity index (χ1v) is 8.79. The lowest BCUT2D eigenvalue weighted by Crippen LogP contribution is -2.42. The third-order valence-electron chi connectivity index (χ3n) is 5.13. The van der Waals surface area contributed by atoms with Gasteiger partial charge in [0.05, 0.1) is 11.7 Å². The highest BCUT2D eigenvalue weighted by Crippen LogP contribution is 2.37. The Kier molecular flexibility index (Phi) is 4.28. The Bertz CT molecular complexity index is 1050. The van der Waals surface area contributed by atoms with Crippen LogP contribution >= 0.6 is 0 Å². The summed E-state index contributed by atoms with van der Waals surface area (Å²) in [5.74, 6) is -0.219. The molecule has 0 unspecified atom stereocenters. The lowest BCUT2D eigenvalue weighted by molar-refractivity contribution is -0.123. The maximum absolute atomic E-state index is 12.4. The molecule has 0 saturated carbocycles. The number of aromatic nitrogens is 4. The van der Waals surface area contributed by atoms with Crippen LogP contribution < -0.4 is 5.32 Å². The summed E-state index contributed by atoms with van der Waals surface area (Å²) in [4.78, 5) is 25.4. The molecule has 3 aromatic heterocycles. The molecule has 0 radical (unpaired) electrons. The minimum Gasteiger partial charge on any atom is -0.345 e. The van der Waals surface area contributed by atoms with E-state index in [1.807, 2.05) is 22.7 Å². The fourth-order valence-electron chi connectivity index (χ4n) is 3.81. The lowest BCUT2D eigenvalue weighted by Gasteiger charge is -2.18. The van der Waals surface area contributed by atoms with Crippen LogP contribution in [0.25, 0.3) is 16.8 Å². The van der Waals surface area contributed by atoms with E-state index in [-0.39, 0.29) is 18.4 Å². The quantitative estimate of drug-likeness (QED) is 0.673. The number of halogens is 3. The van der Waals surface area contributed by atoms with E-state index in [0.717, 1.165) is 16.8 Å². The molecule has 1 aliphatic rings. The van der Waals surface area contributed by atoms with E-state index in [2.05, 4.69) is 21.5 Å². The average Bonchev–Trinajstić information content (AvgIpc) is 3.33. The highest BCUT2D eigenvalue weighted by Gasteiger charge is 2.39. The van der Waals surface area contributed by atoms with Gasteiger partial charge in [-0.05, 0) is 13.0 Å². The number of hydrogen-bond acceptors (Lipinski definition) is 3. The van der Waals surface area contributed by atoms with Crippen molar-refractivity contribution < 1.29 is 18.0 Å². The highest BCUT2D eigenvalue weighted by molar-refractivity contribution is 5.76. The maximum atomic E-state index is 12.4. The summed E-state index contributed by atoms with van der Waals surface area (Å²) in [7, 11) is 0. The van der Waals surface area contributed by atoms with Crippen LogP contribution in [-0.2, 0) is 0 Å². The molecule has 2 atom stereocenters. The van der Waals surface area contributed by atoms with Crippen LogP contribution in [0.2, 0.25) is 0 Å². The number of alkyl halides is 3. The second-order valence-electron chi connectivity index (χ2n) is 7.08. The molecular weight excluding hydrogens is 373 g/mol. The van der Waals surface area contributed by atoms with E-state index in [9.17, 15) is 18.0 Å². The van der Waals surface area contributed by atoms with Crippen LogP contribution in [0.1, 0.15) is 18.5 Å². The Morgan fingerprint density at radius 3 is 2.86 bits per heavy atom. The van der Waals surface area contributed by atoms with Gasteiger partial charge in [-0.25, -0.2) is 14.8 Å². The molecule has 1 saturated heterocycles. The minimum atomic E-state index is -4.45. The van der Waals surface area contributed by atoms with Gasteiger partial charge in [-0.3, -0.25) is 4.40 Å². The Balaban J connectivity index is 1.67. The van der Waals surface area contributed by atoms with E-state index in [0.29, 0.717) is 17.8 Å². The van der Waals surface area contributed by atoms with Gasteiger partial charge in [0, 0.05) is 43.0 Å². The summed E-state index contributed by atoms with van der Waals surface area (Å²) in [5.41, 5.74) is 3.97. The fraction of sp³-hybridized carbons (Fsp3) is 0.389. The Labute approximate surface area is 158 Å². The van der Waals surface area contributed by atoms with Crippen molar-refractivity contribution in [2.75, 3.05) is 19.6 Å². The summed E-state index contributed by atoms with van der Waals surface area (Å²) in [6.07, 6.45) is 0.724. The zero-order valence-corrected chi connectivity index (χ0v) is 15.1. The number of imidazole rings is 1. The summed E-state index contributed by atoms with van der Waals surface area (Å²) >= 11 is 0. The molecule has 2 amide bonds. The first-order valence-electron chi connectivity index (χ1n) is 8.79. The molecule has 0 bridgehead atoms. The molecule has 4 heterocycles. The van der Waals surface area contributed by atoms with Crippen molar-refractivity contribution in [1.29, 1.82) is 0 Å². The van der Waals surface area contributed by atoms with Gasteiger partial charge in [0.1, 0.15) is 6.54 Å². The molecule has 0 aliphatic carbocycles. The SMILES string of the molecule is C=C(C)[C@@H]1CN(C(=O)NCC(F)(F)F)C[C@@H]1c1cnc2cnc3[nH]ccc3n12. The monoisotopic (exact) mass is 392 g/mol. The minimum absolute atomic E-state index is 0.0845. The molecule has 3 aromatic rings. The number of hydrogen-bond donors (Lipinski definition) is 2. The molecule has 4 rings (SSSR count). The maximum Gasteiger partial charge on any atom is 0.405 e. The molecule has 148 valence electrons. The Morgan fingerprint density at radius 2 is 2.14 bits per heavy atom. The summed E-state index contributed by atoms with van der Waals surface area (Å²) in [6.45, 7) is 5.12. The number of H-pyrrole nitrogens is 1. The van der Waals surface area contributed by atoms with E-state index in [1.54, 1.807) is 18.6 Å². The predicted octanol–water partition coefficient (Wildman–Crippen LogP) is 3.07. The summed E-state index contributed by atoms with van der Waals surface area (Å²) < 4.78 is 39.3. The van der Waals surface area contributed by atoms with E-state index < -0.39 is 18.8 Å². The number of aromatic amines is 1. The van der Waals surface area contributed by atoms with Crippen molar-refractivity contribution in [3.63, 3.8) is 0 Å². The Morgan fingerprint density at radius 1 is 1.36 bits per heavy atom. The van der Waals surface area contributed by atoms with E-state index in [1.165, 1.54) is 4.90 Å². The number of likely N-dealkylation sites (tertiary alicyclic amines) is 1. The van der Waals surface area contributed by atoms with Crippen LogP contribution in [-0.4, -0.2) is 56.1 Å². The molecule has 7 nitrogen and oxygen atoms in total. The number of rotatable bonds is 3. The number of urea groups is 1.